The van der Waals surface area contributed by atoms with Crippen molar-refractivity contribution >= 4 is 11.9 Å². The fourth-order valence-electron chi connectivity index (χ4n) is 0.136. The van der Waals surface area contributed by atoms with E-state index in [0.717, 1.165) is 0 Å². The third-order valence-electron chi connectivity index (χ3n) is 0.355. The first-order valence-electron chi connectivity index (χ1n) is 1.73. The molecule has 7 heteroatoms. The van der Waals surface area contributed by atoms with Gasteiger partial charge in [0.1, 0.15) is 0 Å². The summed E-state index contributed by atoms with van der Waals surface area (Å²) in [4.78, 5) is 18.8. The van der Waals surface area contributed by atoms with Crippen molar-refractivity contribution in [3.05, 3.63) is 12.2 Å². The second-order valence-electron chi connectivity index (χ2n) is 0.971. The Balaban J connectivity index is -0.0000000817. The van der Waals surface area contributed by atoms with Crippen LogP contribution in [-0.2, 0) is 48.5 Å². The molecule has 0 aliphatic carbocycles. The normalized spacial score (nSPS) is 6.91. The molecule has 52 valence electrons. The van der Waals surface area contributed by atoms with E-state index in [-0.39, 0.29) is 62.9 Å². The summed E-state index contributed by atoms with van der Waals surface area (Å²) >= 11 is 0. The van der Waals surface area contributed by atoms with Crippen molar-refractivity contribution in [3.63, 3.8) is 0 Å². The molecule has 0 atom stereocenters. The predicted octanol–water partition coefficient (Wildman–Crippen LogP) is -5.96. The average Bonchev–Trinajstić information content (AvgIpc) is 1.61. The predicted molar refractivity (Wildman–Crippen MR) is 19.2 cm³/mol. The van der Waals surface area contributed by atoms with Crippen molar-refractivity contribution in [2.75, 3.05) is 0 Å². The monoisotopic (exact) mass is 369 g/mol. The molecule has 0 aliphatic heterocycles. The Morgan fingerprint density at radius 2 is 1.09 bits per heavy atom. The Bertz CT molecular complexity index is 131. The van der Waals surface area contributed by atoms with E-state index >= 15 is 0 Å². The number of aliphatic carboxylic acids is 2. The van der Waals surface area contributed by atoms with E-state index < -0.39 is 11.9 Å². The van der Waals surface area contributed by atoms with Crippen LogP contribution in [0, 0.1) is 0 Å². The number of hydrogen-bond acceptors (Lipinski definition) is 4. The van der Waals surface area contributed by atoms with Crippen LogP contribution in [0.2, 0.25) is 0 Å². The molecule has 4 nitrogen and oxygen atoms in total. The van der Waals surface area contributed by atoms with Gasteiger partial charge in [0, 0.05) is 0 Å². The van der Waals surface area contributed by atoms with Gasteiger partial charge in [-0.05, 0) is 12.2 Å². The third kappa shape index (κ3) is 25.0. The van der Waals surface area contributed by atoms with E-state index in [2.05, 4.69) is 0 Å². The maximum atomic E-state index is 9.41. The van der Waals surface area contributed by atoms with Crippen LogP contribution in [0.3, 0.4) is 0 Å². The Morgan fingerprint density at radius 1 is 0.909 bits per heavy atom. The summed E-state index contributed by atoms with van der Waals surface area (Å²) in [6.07, 6.45) is 0.769. The molecule has 11 heavy (non-hydrogen) atoms. The first kappa shape index (κ1) is 22.6. The largest absolute Gasteiger partial charge is 2.00 e. The van der Waals surface area contributed by atoms with Crippen LogP contribution >= 0.6 is 0 Å². The van der Waals surface area contributed by atoms with E-state index in [0.29, 0.717) is 12.2 Å². The van der Waals surface area contributed by atoms with Gasteiger partial charge in [-0.15, -0.1) is 0 Å². The summed E-state index contributed by atoms with van der Waals surface area (Å²) in [5, 5.41) is 18.8. The fourth-order valence-corrected chi connectivity index (χ4v) is 0.136. The second-order valence-corrected chi connectivity index (χ2v) is 0.971. The quantitative estimate of drug-likeness (QED) is 0.275. The summed E-state index contributed by atoms with van der Waals surface area (Å²) in [5.74, 6) is -3.09. The molecule has 0 unspecified atom stereocenters. The molecule has 0 saturated carbocycles. The first-order valence-corrected chi connectivity index (χ1v) is 1.73. The Hall–Kier alpha value is 0.657. The smallest absolute Gasteiger partial charge is 1.00 e. The van der Waals surface area contributed by atoms with E-state index in [1.807, 2.05) is 0 Å². The number of carboxylic acids is 2. The van der Waals surface area contributed by atoms with Crippen molar-refractivity contribution in [2.24, 2.45) is 0 Å². The summed E-state index contributed by atoms with van der Waals surface area (Å²) in [7, 11) is 0. The van der Waals surface area contributed by atoms with Gasteiger partial charge in [-0.1, -0.05) is 0 Å². The standard InChI is InChI=1S/C4H4O4.HI.2Zn/c5-3(6)1-2-4(7)8;;;/h1-2H,(H,5,6)(H,7,8);1H;;/q;;2*+2/p-3/b2-1+;;;. The summed E-state index contributed by atoms with van der Waals surface area (Å²) in [6.45, 7) is 0. The van der Waals surface area contributed by atoms with Crippen LogP contribution in [0.15, 0.2) is 12.2 Å². The molecule has 0 aromatic heterocycles. The Kier molecular flexibility index (Phi) is 27.2. The topological polar surface area (TPSA) is 80.3 Å². The van der Waals surface area contributed by atoms with Crippen LogP contribution in [0.1, 0.15) is 0 Å². The van der Waals surface area contributed by atoms with E-state index in [4.69, 9.17) is 0 Å². The molecule has 0 saturated heterocycles. The summed E-state index contributed by atoms with van der Waals surface area (Å²) in [6, 6.07) is 0. The Morgan fingerprint density at radius 3 is 1.18 bits per heavy atom. The maximum absolute atomic E-state index is 9.41. The summed E-state index contributed by atoms with van der Waals surface area (Å²) < 4.78 is 0. The molecule has 0 N–H and O–H groups in total. The molecule has 0 heterocycles. The fraction of sp³-hybridized carbons (Fsp3) is 0. The molecule has 0 fully saturated rings. The number of carbonyl (C=O) groups excluding carboxylic acids is 2. The number of rotatable bonds is 2. The van der Waals surface area contributed by atoms with Crippen LogP contribution in [0.25, 0.3) is 0 Å². The van der Waals surface area contributed by atoms with Gasteiger partial charge in [0.15, 0.2) is 0 Å². The van der Waals surface area contributed by atoms with Crippen molar-refractivity contribution < 1.29 is 82.7 Å². The zero-order valence-electron chi connectivity index (χ0n) is 5.58. The van der Waals surface area contributed by atoms with Gasteiger partial charge in [0.05, 0.1) is 11.9 Å². The van der Waals surface area contributed by atoms with Gasteiger partial charge in [0.2, 0.25) is 0 Å². The molecule has 0 amide bonds. The molecule has 0 aliphatic rings. The van der Waals surface area contributed by atoms with E-state index in [1.165, 1.54) is 0 Å². The van der Waals surface area contributed by atoms with Gasteiger partial charge in [0.25, 0.3) is 0 Å². The minimum atomic E-state index is -1.55. The van der Waals surface area contributed by atoms with Crippen molar-refractivity contribution in [1.82, 2.24) is 0 Å². The van der Waals surface area contributed by atoms with Crippen molar-refractivity contribution in [3.8, 4) is 0 Å². The molecule has 0 rings (SSSR count). The van der Waals surface area contributed by atoms with Crippen LogP contribution in [0.5, 0.6) is 0 Å². The minimum Gasteiger partial charge on any atom is -1.00 e. The van der Waals surface area contributed by atoms with Crippen LogP contribution in [0.4, 0.5) is 0 Å². The van der Waals surface area contributed by atoms with Crippen LogP contribution in [-0.4, -0.2) is 11.9 Å². The van der Waals surface area contributed by atoms with Gasteiger partial charge < -0.3 is 43.8 Å². The van der Waals surface area contributed by atoms with Gasteiger partial charge in [-0.25, -0.2) is 0 Å². The van der Waals surface area contributed by atoms with E-state index in [1.54, 1.807) is 0 Å². The number of hydrogen-bond donors (Lipinski definition) is 0. The average molecular weight is 372 g/mol. The number of carboxylic acid groups (broad SMARTS) is 2. The molecule has 0 spiro atoms. The minimum absolute atomic E-state index is 0. The second kappa shape index (κ2) is 13.3. The first-order chi connectivity index (χ1) is 3.63. The SMILES string of the molecule is O=C([O-])/C=C/C(=O)[O-].[I-].[Zn+2].[Zn+2]. The zero-order chi connectivity index (χ0) is 6.57. The molecular weight excluding hydrogens is 370 g/mol. The van der Waals surface area contributed by atoms with Crippen LogP contribution < -0.4 is 34.2 Å². The van der Waals surface area contributed by atoms with E-state index in [9.17, 15) is 19.8 Å². The van der Waals surface area contributed by atoms with Gasteiger partial charge >= 0.3 is 39.0 Å². The zero-order valence-corrected chi connectivity index (χ0v) is 13.7. The molecule has 0 aromatic rings. The van der Waals surface area contributed by atoms with Crippen molar-refractivity contribution in [1.29, 1.82) is 0 Å². The Labute approximate surface area is 106 Å². The summed E-state index contributed by atoms with van der Waals surface area (Å²) in [5.41, 5.74) is 0. The third-order valence-corrected chi connectivity index (χ3v) is 0.355. The van der Waals surface area contributed by atoms with Gasteiger partial charge in [-0.3, -0.25) is 0 Å². The molecule has 0 aromatic carbocycles. The number of halogens is 1. The number of carbonyl (C=O) groups is 2. The van der Waals surface area contributed by atoms with Crippen molar-refractivity contribution in [2.45, 2.75) is 0 Å². The maximum Gasteiger partial charge on any atom is 2.00 e. The molecule has 0 bridgehead atoms. The molecule has 0 radical (unpaired) electrons. The van der Waals surface area contributed by atoms with Gasteiger partial charge in [-0.2, -0.15) is 0 Å². The molecular formula is C4H2IO4Zn2+.